The van der Waals surface area contributed by atoms with E-state index in [9.17, 15) is 34.6 Å². The van der Waals surface area contributed by atoms with Gasteiger partial charge in [0.1, 0.15) is 34.8 Å². The predicted octanol–water partition coefficient (Wildman–Crippen LogP) is 0.133. The number of anilines is 1. The van der Waals surface area contributed by atoms with Crippen molar-refractivity contribution in [2.75, 3.05) is 17.2 Å². The molecule has 2 amide bonds. The van der Waals surface area contributed by atoms with E-state index in [4.69, 9.17) is 10.6 Å². The van der Waals surface area contributed by atoms with Crippen LogP contribution in [0, 0.1) is 0 Å². The summed E-state index contributed by atoms with van der Waals surface area (Å²) in [7, 11) is 0. The predicted molar refractivity (Wildman–Crippen MR) is 148 cm³/mol. The maximum Gasteiger partial charge on any atom is 0.352 e. The number of aliphatic carboxylic acids is 1. The van der Waals surface area contributed by atoms with Gasteiger partial charge in [-0.15, -0.1) is 23.1 Å². The molecule has 214 valence electrons. The zero-order valence-corrected chi connectivity index (χ0v) is 23.6. The number of rotatable bonds is 10. The number of carbonyl (C=O) groups is 3. The Balaban J connectivity index is 1.31. The van der Waals surface area contributed by atoms with E-state index in [2.05, 4.69) is 24.8 Å². The molecule has 0 bridgehead atoms. The molecule has 16 nitrogen and oxygen atoms in total. The van der Waals surface area contributed by atoms with Gasteiger partial charge >= 0.3 is 5.97 Å². The quantitative estimate of drug-likeness (QED) is 0.0653. The van der Waals surface area contributed by atoms with Gasteiger partial charge in [-0.3, -0.25) is 19.3 Å². The van der Waals surface area contributed by atoms with Crippen LogP contribution in [0.1, 0.15) is 11.4 Å². The van der Waals surface area contributed by atoms with E-state index < -0.39 is 47.0 Å². The number of carboxylic acid groups (broad SMARTS) is 1. The highest BCUT2D eigenvalue weighted by Crippen LogP contribution is 2.41. The number of fused-ring (bicyclic) bond motifs is 1. The molecule has 0 spiro atoms. The van der Waals surface area contributed by atoms with Gasteiger partial charge in [0.05, 0.1) is 6.20 Å². The van der Waals surface area contributed by atoms with E-state index in [-0.39, 0.29) is 27.9 Å². The lowest BCUT2D eigenvalue weighted by Crippen LogP contribution is -2.71. The first kappa shape index (κ1) is 28.4. The number of nitrogens with two attached hydrogens (primary N) is 1. The molecule has 0 unspecified atom stereocenters. The van der Waals surface area contributed by atoms with Gasteiger partial charge in [-0.2, -0.15) is 9.10 Å². The molecule has 5 rings (SSSR count). The number of aromatic hydroxyl groups is 1. The fraction of sp³-hybridized carbons (Fsp3) is 0.238. The number of carboxylic acids is 1. The third kappa shape index (κ3) is 5.85. The number of oxime groups is 1. The van der Waals surface area contributed by atoms with Crippen molar-refractivity contribution in [3.05, 3.63) is 56.9 Å². The zero-order chi connectivity index (χ0) is 29.3. The summed E-state index contributed by atoms with van der Waals surface area (Å²) >= 11 is 4.82. The molecule has 2 aliphatic heterocycles. The molecule has 2 aliphatic rings. The minimum Gasteiger partial charge on any atom is -0.503 e. The molecule has 20 heteroatoms. The van der Waals surface area contributed by atoms with Crippen LogP contribution >= 0.6 is 46.4 Å². The van der Waals surface area contributed by atoms with Gasteiger partial charge in [0.15, 0.2) is 27.5 Å². The minimum atomic E-state index is -1.26. The van der Waals surface area contributed by atoms with E-state index >= 15 is 0 Å². The first-order valence-electron chi connectivity index (χ1n) is 11.3. The van der Waals surface area contributed by atoms with Crippen molar-refractivity contribution in [2.24, 2.45) is 5.16 Å². The number of hydrogen-bond donors (Lipinski definition) is 5. The SMILES string of the molecule is Nc1nc(/C(=N\OCc2cc(=O)c(O)cn2O)C(=O)N[C@@H]2C(=O)N3C(C(=O)O)=C(CSc4ncns4)CS[C@H]23)cs1. The van der Waals surface area contributed by atoms with Crippen LogP contribution in [-0.2, 0) is 25.8 Å². The van der Waals surface area contributed by atoms with Crippen molar-refractivity contribution in [1.29, 1.82) is 0 Å². The number of thioether (sulfide) groups is 2. The first-order chi connectivity index (χ1) is 19.6. The molecule has 1 saturated heterocycles. The average Bonchev–Trinajstić information content (AvgIpc) is 3.62. The molecule has 2 atom stereocenters. The monoisotopic (exact) mass is 638 g/mol. The van der Waals surface area contributed by atoms with Crippen LogP contribution in [0.4, 0.5) is 5.13 Å². The molecule has 5 heterocycles. The van der Waals surface area contributed by atoms with Crippen molar-refractivity contribution in [2.45, 2.75) is 22.4 Å². The number of amides is 2. The van der Waals surface area contributed by atoms with Crippen LogP contribution in [-0.4, -0.2) is 85.8 Å². The highest BCUT2D eigenvalue weighted by atomic mass is 32.2. The molecular formula is C21H18N8O8S4. The maximum atomic E-state index is 13.2. The smallest absolute Gasteiger partial charge is 0.352 e. The van der Waals surface area contributed by atoms with Crippen LogP contribution in [0.3, 0.4) is 0 Å². The second kappa shape index (κ2) is 11.8. The molecule has 3 aromatic heterocycles. The van der Waals surface area contributed by atoms with Gasteiger partial charge in [-0.25, -0.2) is 14.8 Å². The highest BCUT2D eigenvalue weighted by molar-refractivity contribution is 8.01. The second-order valence-corrected chi connectivity index (χ2v) is 12.3. The molecule has 1 fully saturated rings. The molecule has 3 aromatic rings. The summed E-state index contributed by atoms with van der Waals surface area (Å²) < 4.78 is 5.04. The first-order valence-corrected chi connectivity index (χ1v) is 15.0. The lowest BCUT2D eigenvalue weighted by atomic mass is 10.0. The Morgan fingerprint density at radius 1 is 1.34 bits per heavy atom. The molecule has 0 saturated carbocycles. The van der Waals surface area contributed by atoms with Crippen LogP contribution in [0.2, 0.25) is 0 Å². The number of β-lactam (4-membered cyclic amide) rings is 1. The van der Waals surface area contributed by atoms with Crippen molar-refractivity contribution in [1.82, 2.24) is 29.3 Å². The Bertz CT molecular complexity index is 1640. The number of thiazole rings is 1. The molecular weight excluding hydrogens is 621 g/mol. The summed E-state index contributed by atoms with van der Waals surface area (Å²) in [4.78, 5) is 64.5. The van der Waals surface area contributed by atoms with Crippen LogP contribution in [0.15, 0.2) is 49.5 Å². The zero-order valence-electron chi connectivity index (χ0n) is 20.4. The topological polar surface area (TPSA) is 235 Å². The number of nitrogen functional groups attached to an aromatic ring is 1. The lowest BCUT2D eigenvalue weighted by Gasteiger charge is -2.49. The van der Waals surface area contributed by atoms with Crippen molar-refractivity contribution >= 4 is 75.0 Å². The fourth-order valence-corrected chi connectivity index (χ4v) is 7.28. The number of hydrogen-bond acceptors (Lipinski definition) is 16. The fourth-order valence-electron chi connectivity index (χ4n) is 3.80. The number of aromatic nitrogens is 4. The van der Waals surface area contributed by atoms with Gasteiger partial charge in [-0.1, -0.05) is 16.9 Å². The summed E-state index contributed by atoms with van der Waals surface area (Å²) in [6, 6.07) is -0.137. The van der Waals surface area contributed by atoms with Gasteiger partial charge in [0, 0.05) is 23.0 Å². The van der Waals surface area contributed by atoms with Gasteiger partial charge in [0.2, 0.25) is 5.43 Å². The minimum absolute atomic E-state index is 0.0409. The normalized spacial score (nSPS) is 18.6. The number of nitrogens with one attached hydrogen (secondary N) is 1. The number of pyridine rings is 1. The Labute approximate surface area is 245 Å². The van der Waals surface area contributed by atoms with Gasteiger partial charge in [0.25, 0.3) is 11.8 Å². The second-order valence-electron chi connectivity index (χ2n) is 8.26. The lowest BCUT2D eigenvalue weighted by molar-refractivity contribution is -0.150. The van der Waals surface area contributed by atoms with Crippen molar-refractivity contribution < 1.29 is 34.6 Å². The van der Waals surface area contributed by atoms with Crippen molar-refractivity contribution in [3.8, 4) is 5.75 Å². The van der Waals surface area contributed by atoms with E-state index in [0.717, 1.165) is 28.5 Å². The van der Waals surface area contributed by atoms with E-state index in [1.165, 1.54) is 46.8 Å². The number of nitrogens with zero attached hydrogens (tertiary/aromatic N) is 6. The van der Waals surface area contributed by atoms with Crippen LogP contribution in [0.5, 0.6) is 5.75 Å². The Kier molecular flexibility index (Phi) is 8.15. The van der Waals surface area contributed by atoms with E-state index in [1.54, 1.807) is 0 Å². The summed E-state index contributed by atoms with van der Waals surface area (Å²) in [5.41, 5.74) is 4.96. The standard InChI is InChI=1S/C21H18N8O8S4/c22-20-25-10(6-39-20)13(27-37-3-9-1-11(30)12(31)2-28(9)36)16(32)26-14-17(33)29-15(19(34)35)8(4-38-18(14)29)5-40-21-23-7-24-41-21/h1-2,6-7,14,18,31,36H,3-5H2,(H2,22,25)(H,26,32)(H,34,35)/b27-13+/t14-,18-/m1/s1. The summed E-state index contributed by atoms with van der Waals surface area (Å²) in [5.74, 6) is -2.78. The summed E-state index contributed by atoms with van der Waals surface area (Å²) in [6.07, 6.45) is 2.17. The molecule has 0 radical (unpaired) electrons. The highest BCUT2D eigenvalue weighted by Gasteiger charge is 2.54. The number of carbonyl (C=O) groups excluding carboxylic acids is 2. The third-order valence-electron chi connectivity index (χ3n) is 5.68. The Hall–Kier alpha value is -4.14. The van der Waals surface area contributed by atoms with E-state index in [0.29, 0.717) is 26.1 Å². The Morgan fingerprint density at radius 3 is 2.83 bits per heavy atom. The van der Waals surface area contributed by atoms with Crippen LogP contribution < -0.4 is 16.5 Å². The van der Waals surface area contributed by atoms with Crippen LogP contribution in [0.25, 0.3) is 0 Å². The van der Waals surface area contributed by atoms with Gasteiger partial charge < -0.3 is 31.3 Å². The van der Waals surface area contributed by atoms with E-state index in [1.807, 2.05) is 0 Å². The maximum absolute atomic E-state index is 13.2. The largest absolute Gasteiger partial charge is 0.503 e. The average molecular weight is 639 g/mol. The third-order valence-corrected chi connectivity index (χ3v) is 9.58. The summed E-state index contributed by atoms with van der Waals surface area (Å²) in [6.45, 7) is -0.471. The van der Waals surface area contributed by atoms with Gasteiger partial charge in [-0.05, 0) is 17.1 Å². The Morgan fingerprint density at radius 2 is 2.15 bits per heavy atom. The molecule has 41 heavy (non-hydrogen) atoms. The summed E-state index contributed by atoms with van der Waals surface area (Å²) in [5, 5.41) is 36.4. The molecule has 0 aromatic carbocycles. The molecule has 0 aliphatic carbocycles. The van der Waals surface area contributed by atoms with Crippen molar-refractivity contribution in [3.63, 3.8) is 0 Å². The molecule has 6 N–H and O–H groups in total.